The lowest BCUT2D eigenvalue weighted by atomic mass is 10.1. The first kappa shape index (κ1) is 12.2. The number of hydrogen-bond acceptors (Lipinski definition) is 1. The summed E-state index contributed by atoms with van der Waals surface area (Å²) in [6.07, 6.45) is 0. The van der Waals surface area contributed by atoms with Gasteiger partial charge in [-0.2, -0.15) is 0 Å². The van der Waals surface area contributed by atoms with Crippen LogP contribution in [0.3, 0.4) is 0 Å². The summed E-state index contributed by atoms with van der Waals surface area (Å²) in [5.41, 5.74) is 3.62. The Labute approximate surface area is 111 Å². The van der Waals surface area contributed by atoms with Crippen LogP contribution in [0.5, 0.6) is 11.5 Å². The summed E-state index contributed by atoms with van der Waals surface area (Å²) in [5, 5.41) is 0.801. The number of benzene rings is 2. The van der Waals surface area contributed by atoms with Crippen LogP contribution in [0.2, 0.25) is 0 Å². The summed E-state index contributed by atoms with van der Waals surface area (Å²) in [6, 6.07) is 14.3. The molecule has 17 heavy (non-hydrogen) atoms. The first-order valence-corrected chi connectivity index (χ1v) is 6.71. The molecule has 0 spiro atoms. The summed E-state index contributed by atoms with van der Waals surface area (Å²) in [6.45, 7) is 4.15. The number of aryl methyl sites for hydroxylation is 2. The third kappa shape index (κ3) is 3.10. The number of hydrogen-bond donors (Lipinski definition) is 0. The standard InChI is InChI=1S/C15H15BrO/c1-11-4-3-5-14(9-11)17-15-7-6-12(2)8-13(15)10-16/h3-9H,10H2,1-2H3. The zero-order valence-electron chi connectivity index (χ0n) is 10.0. The molecule has 0 saturated heterocycles. The predicted molar refractivity (Wildman–Crippen MR) is 75.1 cm³/mol. The summed E-state index contributed by atoms with van der Waals surface area (Å²) >= 11 is 3.49. The van der Waals surface area contributed by atoms with E-state index < -0.39 is 0 Å². The maximum atomic E-state index is 5.91. The number of alkyl halides is 1. The number of ether oxygens (including phenoxy) is 1. The first-order chi connectivity index (χ1) is 8.19. The van der Waals surface area contributed by atoms with E-state index in [0.717, 1.165) is 16.8 Å². The lowest BCUT2D eigenvalue weighted by Gasteiger charge is -2.10. The summed E-state index contributed by atoms with van der Waals surface area (Å²) in [4.78, 5) is 0. The van der Waals surface area contributed by atoms with E-state index >= 15 is 0 Å². The lowest BCUT2D eigenvalue weighted by Crippen LogP contribution is -1.90. The molecule has 0 atom stereocenters. The van der Waals surface area contributed by atoms with E-state index in [-0.39, 0.29) is 0 Å². The van der Waals surface area contributed by atoms with Gasteiger partial charge in [0.05, 0.1) is 0 Å². The number of halogens is 1. The van der Waals surface area contributed by atoms with Crippen molar-refractivity contribution in [1.82, 2.24) is 0 Å². The molecule has 2 rings (SSSR count). The van der Waals surface area contributed by atoms with E-state index in [4.69, 9.17) is 4.74 Å². The molecule has 0 unspecified atom stereocenters. The SMILES string of the molecule is Cc1cccc(Oc2ccc(C)cc2CBr)c1. The minimum Gasteiger partial charge on any atom is -0.457 e. The fourth-order valence-corrected chi connectivity index (χ4v) is 2.16. The molecule has 0 aliphatic heterocycles. The highest BCUT2D eigenvalue weighted by Crippen LogP contribution is 2.28. The molecule has 0 radical (unpaired) electrons. The Morgan fingerprint density at radius 2 is 1.76 bits per heavy atom. The van der Waals surface area contributed by atoms with Crippen molar-refractivity contribution in [2.45, 2.75) is 19.2 Å². The molecule has 0 N–H and O–H groups in total. The largest absolute Gasteiger partial charge is 0.457 e. The third-order valence-corrected chi connectivity index (χ3v) is 3.18. The van der Waals surface area contributed by atoms with E-state index in [1.165, 1.54) is 16.7 Å². The third-order valence-electron chi connectivity index (χ3n) is 2.58. The summed E-state index contributed by atoms with van der Waals surface area (Å²) in [5.74, 6) is 1.80. The van der Waals surface area contributed by atoms with Crippen molar-refractivity contribution in [3.8, 4) is 11.5 Å². The van der Waals surface area contributed by atoms with Crippen LogP contribution < -0.4 is 4.74 Å². The molecule has 88 valence electrons. The van der Waals surface area contributed by atoms with Gasteiger partial charge in [-0.1, -0.05) is 45.8 Å². The van der Waals surface area contributed by atoms with Gasteiger partial charge in [-0.3, -0.25) is 0 Å². The van der Waals surface area contributed by atoms with Gasteiger partial charge in [-0.05, 0) is 37.6 Å². The Hall–Kier alpha value is -1.28. The topological polar surface area (TPSA) is 9.23 Å². The Morgan fingerprint density at radius 1 is 1.00 bits per heavy atom. The van der Waals surface area contributed by atoms with Crippen LogP contribution in [-0.4, -0.2) is 0 Å². The van der Waals surface area contributed by atoms with E-state index in [9.17, 15) is 0 Å². The van der Waals surface area contributed by atoms with E-state index in [1.54, 1.807) is 0 Å². The van der Waals surface area contributed by atoms with Crippen LogP contribution in [0.25, 0.3) is 0 Å². The van der Waals surface area contributed by atoms with Crippen molar-refractivity contribution in [1.29, 1.82) is 0 Å². The highest BCUT2D eigenvalue weighted by Gasteiger charge is 2.04. The van der Waals surface area contributed by atoms with E-state index in [1.807, 2.05) is 24.3 Å². The molecule has 0 aliphatic rings. The van der Waals surface area contributed by atoms with Gasteiger partial charge < -0.3 is 4.74 Å². The van der Waals surface area contributed by atoms with Crippen molar-refractivity contribution in [2.24, 2.45) is 0 Å². The average Bonchev–Trinajstić information content (AvgIpc) is 2.31. The van der Waals surface area contributed by atoms with Crippen molar-refractivity contribution in [3.63, 3.8) is 0 Å². The highest BCUT2D eigenvalue weighted by molar-refractivity contribution is 9.08. The van der Waals surface area contributed by atoms with E-state index in [0.29, 0.717) is 0 Å². The van der Waals surface area contributed by atoms with Gasteiger partial charge in [0.25, 0.3) is 0 Å². The predicted octanol–water partition coefficient (Wildman–Crippen LogP) is 4.99. The van der Waals surface area contributed by atoms with Gasteiger partial charge >= 0.3 is 0 Å². The molecular weight excluding hydrogens is 276 g/mol. The summed E-state index contributed by atoms with van der Waals surface area (Å²) in [7, 11) is 0. The van der Waals surface area contributed by atoms with Crippen LogP contribution >= 0.6 is 15.9 Å². The second-order valence-corrected chi connectivity index (χ2v) is 4.72. The molecule has 0 aromatic heterocycles. The van der Waals surface area contributed by atoms with Crippen LogP contribution in [-0.2, 0) is 5.33 Å². The summed E-state index contributed by atoms with van der Waals surface area (Å²) < 4.78 is 5.91. The molecule has 0 heterocycles. The molecule has 0 amide bonds. The molecule has 0 bridgehead atoms. The molecule has 2 aromatic rings. The quantitative estimate of drug-likeness (QED) is 0.724. The average molecular weight is 291 g/mol. The fraction of sp³-hybridized carbons (Fsp3) is 0.200. The molecule has 2 heteroatoms. The smallest absolute Gasteiger partial charge is 0.131 e. The minimum atomic E-state index is 0.801. The molecule has 0 fully saturated rings. The monoisotopic (exact) mass is 290 g/mol. The molecule has 2 aromatic carbocycles. The van der Waals surface area contributed by atoms with Crippen molar-refractivity contribution >= 4 is 15.9 Å². The zero-order valence-corrected chi connectivity index (χ0v) is 11.6. The van der Waals surface area contributed by atoms with Gasteiger partial charge in [0, 0.05) is 10.9 Å². The second kappa shape index (κ2) is 5.37. The lowest BCUT2D eigenvalue weighted by molar-refractivity contribution is 0.478. The van der Waals surface area contributed by atoms with Gasteiger partial charge in [-0.25, -0.2) is 0 Å². The Balaban J connectivity index is 2.29. The maximum absolute atomic E-state index is 5.91. The van der Waals surface area contributed by atoms with Gasteiger partial charge in [0.1, 0.15) is 11.5 Å². The van der Waals surface area contributed by atoms with Crippen LogP contribution in [0.4, 0.5) is 0 Å². The Bertz CT molecular complexity index is 520. The van der Waals surface area contributed by atoms with Gasteiger partial charge in [0.15, 0.2) is 0 Å². The molecule has 1 nitrogen and oxygen atoms in total. The van der Waals surface area contributed by atoms with Crippen molar-refractivity contribution < 1.29 is 4.74 Å². The fourth-order valence-electron chi connectivity index (χ4n) is 1.72. The highest BCUT2D eigenvalue weighted by atomic mass is 79.9. The van der Waals surface area contributed by atoms with Crippen LogP contribution in [0, 0.1) is 13.8 Å². The Kier molecular flexibility index (Phi) is 3.85. The normalized spacial score (nSPS) is 10.3. The van der Waals surface area contributed by atoms with Crippen molar-refractivity contribution in [2.75, 3.05) is 0 Å². The maximum Gasteiger partial charge on any atom is 0.131 e. The second-order valence-electron chi connectivity index (χ2n) is 4.16. The minimum absolute atomic E-state index is 0.801. The van der Waals surface area contributed by atoms with Crippen LogP contribution in [0.15, 0.2) is 42.5 Å². The molecule has 0 aliphatic carbocycles. The van der Waals surface area contributed by atoms with E-state index in [2.05, 4.69) is 48.0 Å². The van der Waals surface area contributed by atoms with Crippen molar-refractivity contribution in [3.05, 3.63) is 59.2 Å². The Morgan fingerprint density at radius 3 is 2.47 bits per heavy atom. The number of rotatable bonds is 3. The van der Waals surface area contributed by atoms with Gasteiger partial charge in [0.2, 0.25) is 0 Å². The van der Waals surface area contributed by atoms with Gasteiger partial charge in [-0.15, -0.1) is 0 Å². The van der Waals surface area contributed by atoms with Crippen LogP contribution in [0.1, 0.15) is 16.7 Å². The molecule has 0 saturated carbocycles. The molecular formula is C15H15BrO. The zero-order chi connectivity index (χ0) is 12.3. The first-order valence-electron chi connectivity index (χ1n) is 5.59.